The molecule has 0 amide bonds. The average Bonchev–Trinajstić information content (AvgIpc) is 3.23. The van der Waals surface area contributed by atoms with Gasteiger partial charge in [0, 0.05) is 5.41 Å². The molecule has 0 radical (unpaired) electrons. The Labute approximate surface area is 150 Å². The molecule has 132 valence electrons. The van der Waals surface area contributed by atoms with Crippen LogP contribution in [0.25, 0.3) is 11.5 Å². The molecule has 1 aromatic carbocycles. The summed E-state index contributed by atoms with van der Waals surface area (Å²) in [4.78, 5) is 4.46. The molecule has 2 heterocycles. The first kappa shape index (κ1) is 17.5. The second-order valence-corrected chi connectivity index (χ2v) is 7.83. The SMILES string of the molecule is COc1ccccc1-c1nnc(S[C@@H](C)c2nc(C(C)(C)C)no2)o1. The van der Waals surface area contributed by atoms with Gasteiger partial charge in [0.15, 0.2) is 5.82 Å². The van der Waals surface area contributed by atoms with E-state index in [4.69, 9.17) is 13.7 Å². The number of hydrogen-bond acceptors (Lipinski definition) is 8. The first-order valence-electron chi connectivity index (χ1n) is 7.86. The number of benzene rings is 1. The van der Waals surface area contributed by atoms with Gasteiger partial charge in [-0.2, -0.15) is 4.98 Å². The van der Waals surface area contributed by atoms with Crippen LogP contribution in [0.2, 0.25) is 0 Å². The van der Waals surface area contributed by atoms with Gasteiger partial charge in [-0.15, -0.1) is 10.2 Å². The summed E-state index contributed by atoms with van der Waals surface area (Å²) in [6.45, 7) is 8.07. The van der Waals surface area contributed by atoms with Crippen molar-refractivity contribution in [3.05, 3.63) is 36.0 Å². The fourth-order valence-electron chi connectivity index (χ4n) is 2.09. The van der Waals surface area contributed by atoms with Crippen LogP contribution in [0.5, 0.6) is 5.75 Å². The van der Waals surface area contributed by atoms with E-state index in [0.717, 1.165) is 5.56 Å². The van der Waals surface area contributed by atoms with E-state index in [0.29, 0.717) is 28.6 Å². The van der Waals surface area contributed by atoms with Crippen molar-refractivity contribution in [2.24, 2.45) is 0 Å². The van der Waals surface area contributed by atoms with E-state index in [1.54, 1.807) is 7.11 Å². The molecule has 0 saturated carbocycles. The van der Waals surface area contributed by atoms with Crippen LogP contribution >= 0.6 is 11.8 Å². The molecule has 3 rings (SSSR count). The van der Waals surface area contributed by atoms with Crippen LogP contribution in [0.4, 0.5) is 0 Å². The van der Waals surface area contributed by atoms with E-state index in [1.807, 2.05) is 52.0 Å². The van der Waals surface area contributed by atoms with Gasteiger partial charge in [-0.1, -0.05) is 49.8 Å². The maximum Gasteiger partial charge on any atom is 0.277 e. The second kappa shape index (κ2) is 6.87. The van der Waals surface area contributed by atoms with E-state index >= 15 is 0 Å². The molecule has 0 aliphatic carbocycles. The van der Waals surface area contributed by atoms with Gasteiger partial charge < -0.3 is 13.7 Å². The summed E-state index contributed by atoms with van der Waals surface area (Å²) in [6.07, 6.45) is 0. The minimum atomic E-state index is -0.159. The minimum absolute atomic E-state index is 0.102. The molecule has 0 saturated heterocycles. The molecule has 0 aliphatic rings. The van der Waals surface area contributed by atoms with Crippen LogP contribution < -0.4 is 4.74 Å². The van der Waals surface area contributed by atoms with E-state index < -0.39 is 0 Å². The standard InChI is InChI=1S/C17H20N4O3S/c1-10(13-18-15(21-24-13)17(2,3)4)25-16-20-19-14(23-16)11-8-6-7-9-12(11)22-5/h6-10H,1-5H3/t10-/m0/s1. The molecule has 0 aliphatic heterocycles. The van der Waals surface area contributed by atoms with Crippen LogP contribution in [0.1, 0.15) is 44.7 Å². The van der Waals surface area contributed by atoms with Gasteiger partial charge >= 0.3 is 0 Å². The maximum atomic E-state index is 5.75. The molecule has 7 nitrogen and oxygen atoms in total. The van der Waals surface area contributed by atoms with Crippen LogP contribution in [0.3, 0.4) is 0 Å². The van der Waals surface area contributed by atoms with E-state index in [1.165, 1.54) is 11.8 Å². The number of rotatable bonds is 5. The highest BCUT2D eigenvalue weighted by atomic mass is 32.2. The number of ether oxygens (including phenoxy) is 1. The summed E-state index contributed by atoms with van der Waals surface area (Å²) in [6, 6.07) is 7.50. The molecule has 0 unspecified atom stereocenters. The Hall–Kier alpha value is -2.35. The zero-order valence-electron chi connectivity index (χ0n) is 14.8. The van der Waals surface area contributed by atoms with Gasteiger partial charge in [-0.25, -0.2) is 0 Å². The van der Waals surface area contributed by atoms with Crippen molar-refractivity contribution in [1.82, 2.24) is 20.3 Å². The van der Waals surface area contributed by atoms with Gasteiger partial charge in [0.25, 0.3) is 11.1 Å². The van der Waals surface area contributed by atoms with Crippen molar-refractivity contribution in [2.75, 3.05) is 7.11 Å². The molecule has 1 atom stereocenters. The second-order valence-electron chi connectivity index (χ2n) is 6.54. The van der Waals surface area contributed by atoms with Crippen LogP contribution in [0.15, 0.2) is 38.4 Å². The molecule has 25 heavy (non-hydrogen) atoms. The van der Waals surface area contributed by atoms with Crippen molar-refractivity contribution in [3.63, 3.8) is 0 Å². The van der Waals surface area contributed by atoms with Gasteiger partial charge in [0.1, 0.15) is 5.75 Å². The van der Waals surface area contributed by atoms with Crippen molar-refractivity contribution in [1.29, 1.82) is 0 Å². The van der Waals surface area contributed by atoms with Crippen LogP contribution in [0, 0.1) is 0 Å². The first-order valence-corrected chi connectivity index (χ1v) is 8.74. The highest BCUT2D eigenvalue weighted by Gasteiger charge is 2.25. The molecule has 0 spiro atoms. The fraction of sp³-hybridized carbons (Fsp3) is 0.412. The lowest BCUT2D eigenvalue weighted by atomic mass is 9.96. The molecule has 2 aromatic heterocycles. The summed E-state index contributed by atoms with van der Waals surface area (Å²) in [7, 11) is 1.61. The number of hydrogen-bond donors (Lipinski definition) is 0. The predicted molar refractivity (Wildman–Crippen MR) is 93.6 cm³/mol. The summed E-state index contributed by atoms with van der Waals surface area (Å²) in [5.41, 5.74) is 0.595. The minimum Gasteiger partial charge on any atom is -0.496 e. The zero-order chi connectivity index (χ0) is 18.0. The lowest BCUT2D eigenvalue weighted by Crippen LogP contribution is -2.13. The summed E-state index contributed by atoms with van der Waals surface area (Å²) in [5.74, 6) is 2.30. The molecule has 0 N–H and O–H groups in total. The Morgan fingerprint density at radius 2 is 1.92 bits per heavy atom. The van der Waals surface area contributed by atoms with Gasteiger partial charge in [-0.3, -0.25) is 0 Å². The van der Waals surface area contributed by atoms with Gasteiger partial charge in [0.05, 0.1) is 17.9 Å². The lowest BCUT2D eigenvalue weighted by molar-refractivity contribution is 0.363. The third-order valence-corrected chi connectivity index (χ3v) is 4.40. The van der Waals surface area contributed by atoms with Crippen LogP contribution in [-0.4, -0.2) is 27.4 Å². The van der Waals surface area contributed by atoms with Gasteiger partial charge in [-0.05, 0) is 19.1 Å². The molecule has 0 bridgehead atoms. The Kier molecular flexibility index (Phi) is 4.80. The maximum absolute atomic E-state index is 5.75. The lowest BCUT2D eigenvalue weighted by Gasteiger charge is -2.11. The topological polar surface area (TPSA) is 87.1 Å². The van der Waals surface area contributed by atoms with Crippen molar-refractivity contribution in [3.8, 4) is 17.2 Å². The Bertz CT molecular complexity index is 853. The van der Waals surface area contributed by atoms with Crippen molar-refractivity contribution in [2.45, 2.75) is 43.6 Å². The normalized spacial score (nSPS) is 13.0. The van der Waals surface area contributed by atoms with E-state index in [2.05, 4.69) is 20.3 Å². The molecule has 8 heteroatoms. The summed E-state index contributed by atoms with van der Waals surface area (Å²) >= 11 is 1.37. The van der Waals surface area contributed by atoms with Crippen LogP contribution in [-0.2, 0) is 5.41 Å². The van der Waals surface area contributed by atoms with Crippen molar-refractivity contribution >= 4 is 11.8 Å². The fourth-order valence-corrected chi connectivity index (χ4v) is 2.81. The number of nitrogens with zero attached hydrogens (tertiary/aromatic N) is 4. The predicted octanol–water partition coefficient (Wildman–Crippen LogP) is 4.28. The number of aromatic nitrogens is 4. The highest BCUT2D eigenvalue weighted by molar-refractivity contribution is 7.99. The third kappa shape index (κ3) is 3.84. The summed E-state index contributed by atoms with van der Waals surface area (Å²) in [5, 5.41) is 12.6. The molecule has 0 fully saturated rings. The van der Waals surface area contributed by atoms with Crippen molar-refractivity contribution < 1.29 is 13.7 Å². The Balaban J connectivity index is 1.76. The Morgan fingerprint density at radius 1 is 1.16 bits per heavy atom. The van der Waals surface area contributed by atoms with Gasteiger partial charge in [0.2, 0.25) is 5.89 Å². The molecule has 3 aromatic rings. The van der Waals surface area contributed by atoms with E-state index in [-0.39, 0.29) is 10.7 Å². The summed E-state index contributed by atoms with van der Waals surface area (Å²) < 4.78 is 16.4. The zero-order valence-corrected chi connectivity index (χ0v) is 15.6. The highest BCUT2D eigenvalue weighted by Crippen LogP contribution is 2.36. The monoisotopic (exact) mass is 360 g/mol. The van der Waals surface area contributed by atoms with E-state index in [9.17, 15) is 0 Å². The Morgan fingerprint density at radius 3 is 2.60 bits per heavy atom. The third-order valence-electron chi connectivity index (χ3n) is 3.48. The molecular formula is C17H20N4O3S. The smallest absolute Gasteiger partial charge is 0.277 e. The number of para-hydroxylation sites is 1. The first-order chi connectivity index (χ1) is 11.9. The largest absolute Gasteiger partial charge is 0.496 e. The number of methoxy groups -OCH3 is 1. The number of thioether (sulfide) groups is 1. The quantitative estimate of drug-likeness (QED) is 0.623. The average molecular weight is 360 g/mol. The molecular weight excluding hydrogens is 340 g/mol.